The zero-order valence-corrected chi connectivity index (χ0v) is 9.41. The van der Waals surface area contributed by atoms with Gasteiger partial charge in [0.05, 0.1) is 0 Å². The van der Waals surface area contributed by atoms with Gasteiger partial charge in [0.1, 0.15) is 0 Å². The van der Waals surface area contributed by atoms with Crippen LogP contribution >= 0.6 is 0 Å². The predicted octanol–water partition coefficient (Wildman–Crippen LogP) is -2.88. The summed E-state index contributed by atoms with van der Waals surface area (Å²) in [5, 5.41) is 0. The van der Waals surface area contributed by atoms with E-state index in [1.54, 1.807) is 0 Å². The molecule has 0 aliphatic heterocycles. The summed E-state index contributed by atoms with van der Waals surface area (Å²) in [6.07, 6.45) is 0. The van der Waals surface area contributed by atoms with Crippen LogP contribution < -0.4 is 8.38 Å². The van der Waals surface area contributed by atoms with Crippen LogP contribution in [0.5, 0.6) is 0 Å². The number of hydrogen-bond acceptors (Lipinski definition) is 3. The molecule has 0 saturated carbocycles. The Balaban J connectivity index is -0.0000000450. The van der Waals surface area contributed by atoms with Crippen molar-refractivity contribution in [3.05, 3.63) is 0 Å². The average Bonchev–Trinajstić information content (AvgIpc) is 0.811. The average molecular weight is 287 g/mol. The minimum atomic E-state index is -3.65. The van der Waals surface area contributed by atoms with Crippen LogP contribution in [0, 0.1) is 40.8 Å². The van der Waals surface area contributed by atoms with E-state index < -0.39 is 14.5 Å². The molecule has 0 N–H and O–H groups in total. The van der Waals surface area contributed by atoms with Crippen molar-refractivity contribution < 1.29 is 67.5 Å². The first kappa shape index (κ1) is 15.9. The van der Waals surface area contributed by atoms with Gasteiger partial charge in [-0.25, -0.2) is 0 Å². The van der Waals surface area contributed by atoms with Crippen molar-refractivity contribution in [1.29, 1.82) is 0 Å². The molecular weight excluding hydrogens is 287 g/mol. The maximum atomic E-state index is 8.52. The second-order valence-electron chi connectivity index (χ2n) is 0.189. The SMILES string of the molecule is [Ca+2].[Nd+3].[O]=[Mn]([O-])[O-]. The van der Waals surface area contributed by atoms with Gasteiger partial charge in [-0.15, -0.1) is 0 Å². The van der Waals surface area contributed by atoms with Crippen molar-refractivity contribution in [2.24, 2.45) is 0 Å². The van der Waals surface area contributed by atoms with Crippen molar-refractivity contribution in [1.82, 2.24) is 0 Å². The van der Waals surface area contributed by atoms with E-state index in [-0.39, 0.29) is 78.6 Å². The van der Waals surface area contributed by atoms with E-state index in [1.165, 1.54) is 0 Å². The molecule has 0 aromatic heterocycles. The maximum absolute atomic E-state index is 8.52. The molecule has 0 fully saturated rings. The van der Waals surface area contributed by atoms with Gasteiger partial charge in [-0.1, -0.05) is 0 Å². The van der Waals surface area contributed by atoms with Crippen LogP contribution in [-0.2, 0) is 18.3 Å². The molecule has 3 nitrogen and oxygen atoms in total. The molecule has 1 radical (unpaired) electrons. The molecule has 0 aliphatic rings. The third-order valence-corrected chi connectivity index (χ3v) is 0. The quantitative estimate of drug-likeness (QED) is 0.450. The fourth-order valence-electron chi connectivity index (χ4n) is 0. The van der Waals surface area contributed by atoms with Gasteiger partial charge in [-0.05, 0) is 0 Å². The number of hydrogen-bond donors (Lipinski definition) is 0. The van der Waals surface area contributed by atoms with E-state index in [4.69, 9.17) is 12.2 Å². The van der Waals surface area contributed by atoms with Crippen molar-refractivity contribution in [3.63, 3.8) is 0 Å². The van der Waals surface area contributed by atoms with Crippen LogP contribution in [0.4, 0.5) is 0 Å². The van der Waals surface area contributed by atoms with Gasteiger partial charge in [0, 0.05) is 0 Å². The van der Waals surface area contributed by atoms with E-state index in [0.717, 1.165) is 0 Å². The fraction of sp³-hybridized carbons (Fsp3) is 0. The molecule has 0 amide bonds. The summed E-state index contributed by atoms with van der Waals surface area (Å²) in [6, 6.07) is 0. The summed E-state index contributed by atoms with van der Waals surface area (Å²) in [4.78, 5) is 0. The summed E-state index contributed by atoms with van der Waals surface area (Å²) < 4.78 is 25.6. The van der Waals surface area contributed by atoms with Crippen LogP contribution in [0.25, 0.3) is 0 Å². The van der Waals surface area contributed by atoms with Gasteiger partial charge in [0.15, 0.2) is 0 Å². The first-order chi connectivity index (χ1) is 1.73. The Morgan fingerprint density at radius 2 is 1.33 bits per heavy atom. The zero-order chi connectivity index (χ0) is 3.58. The molecule has 6 heteroatoms. The molecule has 0 saturated heterocycles. The second-order valence-corrected chi connectivity index (χ2v) is 0.779. The number of rotatable bonds is 0. The Hall–Kier alpha value is 2.85. The summed E-state index contributed by atoms with van der Waals surface area (Å²) in [7, 11) is 0. The first-order valence-corrected chi connectivity index (χ1v) is 1.91. The van der Waals surface area contributed by atoms with Crippen LogP contribution in [0.2, 0.25) is 0 Å². The predicted molar refractivity (Wildman–Crippen MR) is 6.44 cm³/mol. The van der Waals surface area contributed by atoms with Gasteiger partial charge < -0.3 is 0 Å². The van der Waals surface area contributed by atoms with Gasteiger partial charge in [0.2, 0.25) is 0 Å². The fourth-order valence-corrected chi connectivity index (χ4v) is 0. The van der Waals surface area contributed by atoms with Crippen LogP contribution in [0.1, 0.15) is 0 Å². The molecule has 0 atom stereocenters. The van der Waals surface area contributed by atoms with E-state index in [2.05, 4.69) is 0 Å². The minimum absolute atomic E-state index is 0. The van der Waals surface area contributed by atoms with Crippen LogP contribution in [0.15, 0.2) is 0 Å². The van der Waals surface area contributed by atoms with E-state index in [0.29, 0.717) is 0 Å². The monoisotopic (exact) mass is 285 g/mol. The molecule has 0 aromatic rings. The Morgan fingerprint density at radius 1 is 1.33 bits per heavy atom. The third-order valence-electron chi connectivity index (χ3n) is 0. The third kappa shape index (κ3) is 28.9. The van der Waals surface area contributed by atoms with E-state index >= 15 is 0 Å². The molecule has 28 valence electrons. The Kier molecular flexibility index (Phi) is 28.6. The van der Waals surface area contributed by atoms with Crippen molar-refractivity contribution in [3.8, 4) is 0 Å². The summed E-state index contributed by atoms with van der Waals surface area (Å²) in [5.41, 5.74) is 0. The van der Waals surface area contributed by atoms with Crippen molar-refractivity contribution in [2.75, 3.05) is 0 Å². The van der Waals surface area contributed by atoms with Gasteiger partial charge in [0.25, 0.3) is 0 Å². The second kappa shape index (κ2) is 10.8. The molecule has 6 heavy (non-hydrogen) atoms. The molecule has 0 aromatic carbocycles. The Morgan fingerprint density at radius 3 is 1.33 bits per heavy atom. The molecule has 0 aliphatic carbocycles. The van der Waals surface area contributed by atoms with Crippen molar-refractivity contribution in [2.45, 2.75) is 0 Å². The van der Waals surface area contributed by atoms with Gasteiger partial charge in [-0.2, -0.15) is 0 Å². The van der Waals surface area contributed by atoms with E-state index in [1.807, 2.05) is 0 Å². The zero-order valence-electron chi connectivity index (χ0n) is 2.81. The summed E-state index contributed by atoms with van der Waals surface area (Å²) >= 11 is -3.65. The molecule has 0 heterocycles. The van der Waals surface area contributed by atoms with Gasteiger partial charge >= 0.3 is 105 Å². The van der Waals surface area contributed by atoms with Crippen molar-refractivity contribution >= 4 is 37.7 Å². The van der Waals surface area contributed by atoms with E-state index in [9.17, 15) is 0 Å². The van der Waals surface area contributed by atoms with Gasteiger partial charge in [-0.3, -0.25) is 0 Å². The normalized spacial score (nSPS) is 5.83. The summed E-state index contributed by atoms with van der Waals surface area (Å²) in [6.45, 7) is 0. The molecular formula is CaMnNdO3+3. The Labute approximate surface area is 103 Å². The van der Waals surface area contributed by atoms with Crippen LogP contribution in [0.3, 0.4) is 0 Å². The Bertz CT molecular complexity index is 33.8. The molecule has 0 bridgehead atoms. The molecule has 0 unspecified atom stereocenters. The molecule has 0 rings (SSSR count). The topological polar surface area (TPSA) is 63.2 Å². The van der Waals surface area contributed by atoms with Crippen LogP contribution in [-0.4, -0.2) is 37.7 Å². The standard InChI is InChI=1S/Ca.Mn.Nd.3O/q+2;;+3;;2*-1. The molecule has 0 spiro atoms. The first-order valence-electron chi connectivity index (χ1n) is 0.463. The summed E-state index contributed by atoms with van der Waals surface area (Å²) in [5.74, 6) is 0.